The molecule has 0 aliphatic heterocycles. The van der Waals surface area contributed by atoms with E-state index in [0.29, 0.717) is 5.69 Å². The van der Waals surface area contributed by atoms with Crippen LogP contribution in [0.25, 0.3) is 0 Å². The molecule has 0 bridgehead atoms. The van der Waals surface area contributed by atoms with E-state index in [1.807, 2.05) is 31.4 Å². The van der Waals surface area contributed by atoms with Crippen LogP contribution in [0.5, 0.6) is 5.75 Å². The number of hydrogen-bond donors (Lipinski definition) is 1. The van der Waals surface area contributed by atoms with Crippen LogP contribution in [0.4, 0.5) is 5.69 Å². The first-order valence-corrected chi connectivity index (χ1v) is 6.09. The Morgan fingerprint density at radius 3 is 2.94 bits per heavy atom. The number of methoxy groups -OCH3 is 1. The van der Waals surface area contributed by atoms with Gasteiger partial charge in [0, 0.05) is 35.6 Å². The van der Waals surface area contributed by atoms with Gasteiger partial charge in [0.1, 0.15) is 5.75 Å². The first kappa shape index (κ1) is 11.8. The summed E-state index contributed by atoms with van der Waals surface area (Å²) in [5.41, 5.74) is 7.34. The van der Waals surface area contributed by atoms with Gasteiger partial charge in [-0.25, -0.2) is 0 Å². The Kier molecular flexibility index (Phi) is 3.53. The fourth-order valence-corrected chi connectivity index (χ4v) is 2.30. The Bertz CT molecular complexity index is 512. The lowest BCUT2D eigenvalue weighted by molar-refractivity contribution is 0.405. The van der Waals surface area contributed by atoms with Gasteiger partial charge in [-0.1, -0.05) is 5.21 Å². The molecule has 17 heavy (non-hydrogen) atoms. The van der Waals surface area contributed by atoms with E-state index in [1.54, 1.807) is 23.6 Å². The standard InChI is InChI=1S/C11H14N4OS/c1-15-6-9(13-14-15)7-17-11-4-3-8(12)5-10(11)16-2/h3-6H,7,12H2,1-2H3. The van der Waals surface area contributed by atoms with Crippen molar-refractivity contribution >= 4 is 17.4 Å². The van der Waals surface area contributed by atoms with Crippen molar-refractivity contribution in [3.8, 4) is 5.75 Å². The van der Waals surface area contributed by atoms with Crippen molar-refractivity contribution in [3.05, 3.63) is 30.1 Å². The maximum absolute atomic E-state index is 5.70. The summed E-state index contributed by atoms with van der Waals surface area (Å²) >= 11 is 1.65. The zero-order valence-corrected chi connectivity index (χ0v) is 10.6. The fraction of sp³-hybridized carbons (Fsp3) is 0.273. The van der Waals surface area contributed by atoms with E-state index in [-0.39, 0.29) is 0 Å². The summed E-state index contributed by atoms with van der Waals surface area (Å²) in [6.07, 6.45) is 1.90. The average molecular weight is 250 g/mol. The average Bonchev–Trinajstić information content (AvgIpc) is 2.73. The first-order valence-electron chi connectivity index (χ1n) is 5.10. The largest absolute Gasteiger partial charge is 0.496 e. The molecule has 2 N–H and O–H groups in total. The molecule has 0 fully saturated rings. The van der Waals surface area contributed by atoms with Crippen LogP contribution < -0.4 is 10.5 Å². The smallest absolute Gasteiger partial charge is 0.134 e. The molecule has 0 aliphatic rings. The van der Waals surface area contributed by atoms with Crippen molar-refractivity contribution in [3.63, 3.8) is 0 Å². The van der Waals surface area contributed by atoms with Gasteiger partial charge in [0.15, 0.2) is 0 Å². The minimum Gasteiger partial charge on any atom is -0.496 e. The third-order valence-corrected chi connectivity index (χ3v) is 3.30. The number of hydrogen-bond acceptors (Lipinski definition) is 5. The fourth-order valence-electron chi connectivity index (χ4n) is 1.42. The van der Waals surface area contributed by atoms with Crippen LogP contribution >= 0.6 is 11.8 Å². The molecule has 1 aromatic carbocycles. The summed E-state index contributed by atoms with van der Waals surface area (Å²) in [4.78, 5) is 1.05. The SMILES string of the molecule is COc1cc(N)ccc1SCc1cn(C)nn1. The minimum absolute atomic E-state index is 0.700. The Labute approximate surface area is 104 Å². The lowest BCUT2D eigenvalue weighted by atomic mass is 10.3. The van der Waals surface area contributed by atoms with E-state index in [2.05, 4.69) is 10.3 Å². The van der Waals surface area contributed by atoms with Gasteiger partial charge in [-0.2, -0.15) is 0 Å². The van der Waals surface area contributed by atoms with E-state index in [1.165, 1.54) is 0 Å². The summed E-state index contributed by atoms with van der Waals surface area (Å²) in [7, 11) is 3.49. The molecule has 0 radical (unpaired) electrons. The van der Waals surface area contributed by atoms with E-state index in [9.17, 15) is 0 Å². The van der Waals surface area contributed by atoms with Gasteiger partial charge >= 0.3 is 0 Å². The molecule has 2 aromatic rings. The van der Waals surface area contributed by atoms with Crippen molar-refractivity contribution in [1.82, 2.24) is 15.0 Å². The van der Waals surface area contributed by atoms with Crippen molar-refractivity contribution in [2.75, 3.05) is 12.8 Å². The zero-order chi connectivity index (χ0) is 12.3. The second-order valence-electron chi connectivity index (χ2n) is 3.58. The number of aromatic nitrogens is 3. The van der Waals surface area contributed by atoms with E-state index < -0.39 is 0 Å². The number of nitrogens with two attached hydrogens (primary N) is 1. The second-order valence-corrected chi connectivity index (χ2v) is 4.60. The van der Waals surface area contributed by atoms with Crippen molar-refractivity contribution in [2.24, 2.45) is 7.05 Å². The molecule has 1 heterocycles. The first-order chi connectivity index (χ1) is 8.19. The summed E-state index contributed by atoms with van der Waals surface area (Å²) < 4.78 is 6.97. The van der Waals surface area contributed by atoms with Crippen LogP contribution in [0.1, 0.15) is 5.69 Å². The molecule has 0 saturated carbocycles. The number of aryl methyl sites for hydroxylation is 1. The number of anilines is 1. The molecule has 0 saturated heterocycles. The van der Waals surface area contributed by atoms with Crippen molar-refractivity contribution in [1.29, 1.82) is 0 Å². The maximum Gasteiger partial charge on any atom is 0.134 e. The number of nitrogen functional groups attached to an aromatic ring is 1. The number of thioether (sulfide) groups is 1. The molecule has 0 amide bonds. The molecule has 0 spiro atoms. The van der Waals surface area contributed by atoms with Gasteiger partial charge in [-0.3, -0.25) is 4.68 Å². The highest BCUT2D eigenvalue weighted by atomic mass is 32.2. The Balaban J connectivity index is 2.08. The number of nitrogens with zero attached hydrogens (tertiary/aromatic N) is 3. The summed E-state index contributed by atoms with van der Waals surface area (Å²) in [6, 6.07) is 5.63. The molecule has 0 unspecified atom stereocenters. The van der Waals surface area contributed by atoms with Gasteiger partial charge in [-0.05, 0) is 12.1 Å². The summed E-state index contributed by atoms with van der Waals surface area (Å²) in [5.74, 6) is 1.55. The van der Waals surface area contributed by atoms with Crippen molar-refractivity contribution in [2.45, 2.75) is 10.6 Å². The monoisotopic (exact) mass is 250 g/mol. The Morgan fingerprint density at radius 1 is 1.47 bits per heavy atom. The number of ether oxygens (including phenoxy) is 1. The highest BCUT2D eigenvalue weighted by Gasteiger charge is 2.06. The Hall–Kier alpha value is -1.69. The highest BCUT2D eigenvalue weighted by molar-refractivity contribution is 7.98. The molecule has 2 rings (SSSR count). The van der Waals surface area contributed by atoms with Crippen molar-refractivity contribution < 1.29 is 4.74 Å². The normalized spacial score (nSPS) is 10.5. The zero-order valence-electron chi connectivity index (χ0n) is 9.75. The van der Waals surface area contributed by atoms with Crippen LogP contribution in [-0.4, -0.2) is 22.1 Å². The van der Waals surface area contributed by atoms with Gasteiger partial charge in [-0.15, -0.1) is 16.9 Å². The summed E-state index contributed by atoms with van der Waals surface area (Å²) in [6.45, 7) is 0. The number of benzene rings is 1. The summed E-state index contributed by atoms with van der Waals surface area (Å²) in [5, 5.41) is 7.92. The van der Waals surface area contributed by atoms with E-state index in [4.69, 9.17) is 10.5 Å². The predicted molar refractivity (Wildman–Crippen MR) is 68.0 cm³/mol. The third kappa shape index (κ3) is 2.91. The molecule has 5 nitrogen and oxygen atoms in total. The molecule has 0 atom stereocenters. The van der Waals surface area contributed by atoms with E-state index >= 15 is 0 Å². The van der Waals surface area contributed by atoms with Crippen LogP contribution in [0.3, 0.4) is 0 Å². The van der Waals surface area contributed by atoms with E-state index in [0.717, 1.165) is 22.1 Å². The van der Waals surface area contributed by atoms with Crippen LogP contribution in [-0.2, 0) is 12.8 Å². The molecule has 1 aromatic heterocycles. The third-order valence-electron chi connectivity index (χ3n) is 2.21. The molecule has 0 aliphatic carbocycles. The van der Waals surface area contributed by atoms with Gasteiger partial charge in [0.2, 0.25) is 0 Å². The highest BCUT2D eigenvalue weighted by Crippen LogP contribution is 2.32. The lowest BCUT2D eigenvalue weighted by Crippen LogP contribution is -1.90. The topological polar surface area (TPSA) is 66.0 Å². The van der Waals surface area contributed by atoms with Crippen LogP contribution in [0.2, 0.25) is 0 Å². The number of rotatable bonds is 4. The van der Waals surface area contributed by atoms with Gasteiger partial charge in [0.25, 0.3) is 0 Å². The molecular weight excluding hydrogens is 236 g/mol. The molecule has 90 valence electrons. The molecular formula is C11H14N4OS. The predicted octanol–water partition coefficient (Wildman–Crippen LogP) is 1.70. The Morgan fingerprint density at radius 2 is 2.29 bits per heavy atom. The molecule has 6 heteroatoms. The van der Waals surface area contributed by atoms with Gasteiger partial charge in [0.05, 0.1) is 12.8 Å². The minimum atomic E-state index is 0.700. The lowest BCUT2D eigenvalue weighted by Gasteiger charge is -2.07. The van der Waals surface area contributed by atoms with Crippen LogP contribution in [0, 0.1) is 0 Å². The van der Waals surface area contributed by atoms with Gasteiger partial charge < -0.3 is 10.5 Å². The second kappa shape index (κ2) is 5.09. The van der Waals surface area contributed by atoms with Crippen LogP contribution in [0.15, 0.2) is 29.3 Å². The maximum atomic E-state index is 5.70. The quantitative estimate of drug-likeness (QED) is 0.661.